The number of hydrogen-bond donors (Lipinski definition) is 3. The quantitative estimate of drug-likeness (QED) is 0.783. The maximum Gasteiger partial charge on any atom is 0.315 e. The molecule has 2 aliphatic carbocycles. The number of amides is 2. The fourth-order valence-electron chi connectivity index (χ4n) is 3.61. The molecule has 0 heterocycles. The summed E-state index contributed by atoms with van der Waals surface area (Å²) in [5.74, 6) is 0.514. The highest BCUT2D eigenvalue weighted by Crippen LogP contribution is 2.31. The molecule has 120 valence electrons. The molecule has 3 rings (SSSR count). The van der Waals surface area contributed by atoms with Gasteiger partial charge in [0.1, 0.15) is 0 Å². The molecular weight excluding hydrogens is 276 g/mol. The molecule has 0 radical (unpaired) electrons. The van der Waals surface area contributed by atoms with Gasteiger partial charge in [-0.2, -0.15) is 0 Å². The van der Waals surface area contributed by atoms with Gasteiger partial charge >= 0.3 is 6.03 Å². The van der Waals surface area contributed by atoms with Crippen molar-refractivity contribution in [2.45, 2.75) is 56.6 Å². The molecule has 2 amide bonds. The topological polar surface area (TPSA) is 61.4 Å². The summed E-state index contributed by atoms with van der Waals surface area (Å²) in [4.78, 5) is 12.1. The number of carbonyl (C=O) groups excluding carboxylic acids is 1. The van der Waals surface area contributed by atoms with Gasteiger partial charge in [0.15, 0.2) is 0 Å². The Morgan fingerprint density at radius 1 is 1.18 bits per heavy atom. The van der Waals surface area contributed by atoms with Crippen LogP contribution >= 0.6 is 0 Å². The normalized spacial score (nSPS) is 26.2. The summed E-state index contributed by atoms with van der Waals surface area (Å²) < 4.78 is 0. The number of urea groups is 1. The number of nitrogens with one attached hydrogen (secondary N) is 2. The fourth-order valence-corrected chi connectivity index (χ4v) is 3.61. The minimum Gasteiger partial charge on any atom is -0.388 e. The summed E-state index contributed by atoms with van der Waals surface area (Å²) in [6, 6.07) is 10.6. The van der Waals surface area contributed by atoms with Crippen LogP contribution < -0.4 is 10.6 Å². The molecule has 1 aromatic rings. The average molecular weight is 302 g/mol. The minimum atomic E-state index is -0.656. The molecule has 2 saturated carbocycles. The molecule has 4 heteroatoms. The largest absolute Gasteiger partial charge is 0.388 e. The van der Waals surface area contributed by atoms with Crippen LogP contribution in [0.5, 0.6) is 0 Å². The van der Waals surface area contributed by atoms with Crippen molar-refractivity contribution in [2.75, 3.05) is 6.54 Å². The van der Waals surface area contributed by atoms with Crippen LogP contribution in [0.1, 0.15) is 44.1 Å². The van der Waals surface area contributed by atoms with Crippen molar-refractivity contribution in [2.24, 2.45) is 5.92 Å². The first-order chi connectivity index (χ1) is 10.6. The number of benzene rings is 1. The average Bonchev–Trinajstić information content (AvgIpc) is 2.91. The summed E-state index contributed by atoms with van der Waals surface area (Å²) in [6.07, 6.45) is 7.07. The Morgan fingerprint density at radius 2 is 1.95 bits per heavy atom. The van der Waals surface area contributed by atoms with Crippen molar-refractivity contribution >= 4 is 6.03 Å². The Labute approximate surface area is 132 Å². The van der Waals surface area contributed by atoms with E-state index in [1.807, 2.05) is 6.07 Å². The molecule has 0 saturated heterocycles. The Kier molecular flexibility index (Phi) is 4.67. The van der Waals surface area contributed by atoms with E-state index in [0.717, 1.165) is 32.1 Å². The summed E-state index contributed by atoms with van der Waals surface area (Å²) in [5.41, 5.74) is 0.682. The molecule has 2 fully saturated rings. The zero-order valence-electron chi connectivity index (χ0n) is 13.1. The lowest BCUT2D eigenvalue weighted by Gasteiger charge is -2.36. The number of rotatable bonds is 5. The van der Waals surface area contributed by atoms with E-state index in [1.54, 1.807) is 0 Å². The van der Waals surface area contributed by atoms with Gasteiger partial charge in [-0.05, 0) is 50.0 Å². The van der Waals surface area contributed by atoms with Crippen LogP contribution in [0.15, 0.2) is 30.3 Å². The second kappa shape index (κ2) is 6.69. The Bertz CT molecular complexity index is 499. The van der Waals surface area contributed by atoms with E-state index >= 15 is 0 Å². The van der Waals surface area contributed by atoms with E-state index in [4.69, 9.17) is 0 Å². The van der Waals surface area contributed by atoms with Crippen molar-refractivity contribution in [3.05, 3.63) is 35.9 Å². The molecule has 0 aliphatic heterocycles. The summed E-state index contributed by atoms with van der Waals surface area (Å²) in [6.45, 7) is 0.370. The van der Waals surface area contributed by atoms with Crippen LogP contribution in [-0.4, -0.2) is 29.3 Å². The van der Waals surface area contributed by atoms with E-state index < -0.39 is 5.60 Å². The van der Waals surface area contributed by atoms with E-state index in [-0.39, 0.29) is 12.1 Å². The van der Waals surface area contributed by atoms with Gasteiger partial charge in [-0.15, -0.1) is 0 Å². The lowest BCUT2D eigenvalue weighted by Crippen LogP contribution is -2.52. The fraction of sp³-hybridized carbons (Fsp3) is 0.611. The standard InChI is InChI=1S/C18H26N2O2/c21-17(19-13-18(22)10-5-11-18)20-16-9-4-8-15(16)12-14-6-2-1-3-7-14/h1-3,6-7,15-16,22H,4-5,8-13H2,(H2,19,20,21). The van der Waals surface area contributed by atoms with Crippen LogP contribution in [0.3, 0.4) is 0 Å². The van der Waals surface area contributed by atoms with Gasteiger partial charge in [-0.1, -0.05) is 36.8 Å². The predicted molar refractivity (Wildman–Crippen MR) is 86.6 cm³/mol. The van der Waals surface area contributed by atoms with Gasteiger partial charge in [0, 0.05) is 12.6 Å². The van der Waals surface area contributed by atoms with Gasteiger partial charge in [0.25, 0.3) is 0 Å². The van der Waals surface area contributed by atoms with Crippen molar-refractivity contribution in [3.63, 3.8) is 0 Å². The van der Waals surface area contributed by atoms with Crippen LogP contribution in [0.2, 0.25) is 0 Å². The molecule has 2 unspecified atom stereocenters. The summed E-state index contributed by atoms with van der Waals surface area (Å²) >= 11 is 0. The van der Waals surface area contributed by atoms with Gasteiger partial charge in [0.2, 0.25) is 0 Å². The van der Waals surface area contributed by atoms with Crippen molar-refractivity contribution in [1.29, 1.82) is 0 Å². The molecule has 4 nitrogen and oxygen atoms in total. The van der Waals surface area contributed by atoms with Gasteiger partial charge in [0.05, 0.1) is 5.60 Å². The zero-order valence-corrected chi connectivity index (χ0v) is 13.1. The monoisotopic (exact) mass is 302 g/mol. The van der Waals surface area contributed by atoms with Gasteiger partial charge in [-0.3, -0.25) is 0 Å². The first-order valence-electron chi connectivity index (χ1n) is 8.45. The third kappa shape index (κ3) is 3.80. The molecule has 0 spiro atoms. The Morgan fingerprint density at radius 3 is 2.64 bits per heavy atom. The lowest BCUT2D eigenvalue weighted by atomic mass is 9.80. The first-order valence-corrected chi connectivity index (χ1v) is 8.45. The maximum absolute atomic E-state index is 12.1. The second-order valence-corrected chi connectivity index (χ2v) is 6.89. The predicted octanol–water partition coefficient (Wildman–Crippen LogP) is 2.61. The lowest BCUT2D eigenvalue weighted by molar-refractivity contribution is -0.0290. The summed E-state index contributed by atoms with van der Waals surface area (Å²) in [5, 5.41) is 16.0. The van der Waals surface area contributed by atoms with E-state index in [2.05, 4.69) is 34.9 Å². The van der Waals surface area contributed by atoms with Crippen LogP contribution in [-0.2, 0) is 6.42 Å². The van der Waals surface area contributed by atoms with Crippen molar-refractivity contribution < 1.29 is 9.90 Å². The molecule has 0 aromatic heterocycles. The number of hydrogen-bond acceptors (Lipinski definition) is 2. The highest BCUT2D eigenvalue weighted by molar-refractivity contribution is 5.74. The highest BCUT2D eigenvalue weighted by atomic mass is 16.3. The van der Waals surface area contributed by atoms with E-state index in [9.17, 15) is 9.90 Å². The van der Waals surface area contributed by atoms with Crippen LogP contribution in [0.25, 0.3) is 0 Å². The Hall–Kier alpha value is -1.55. The van der Waals surface area contributed by atoms with Gasteiger partial charge in [-0.25, -0.2) is 4.79 Å². The molecule has 3 N–H and O–H groups in total. The Balaban J connectivity index is 1.47. The SMILES string of the molecule is O=C(NCC1(O)CCC1)NC1CCCC1Cc1ccccc1. The third-order valence-electron chi connectivity index (χ3n) is 5.18. The molecule has 1 aromatic carbocycles. The van der Waals surface area contributed by atoms with E-state index in [0.29, 0.717) is 12.5 Å². The van der Waals surface area contributed by atoms with Crippen LogP contribution in [0, 0.1) is 5.92 Å². The first kappa shape index (κ1) is 15.3. The van der Waals surface area contributed by atoms with Gasteiger partial charge < -0.3 is 15.7 Å². The molecule has 0 bridgehead atoms. The summed E-state index contributed by atoms with van der Waals surface area (Å²) in [7, 11) is 0. The molecule has 2 aliphatic rings. The number of aliphatic hydroxyl groups is 1. The van der Waals surface area contributed by atoms with Crippen molar-refractivity contribution in [1.82, 2.24) is 10.6 Å². The minimum absolute atomic E-state index is 0.134. The third-order valence-corrected chi connectivity index (χ3v) is 5.18. The second-order valence-electron chi connectivity index (χ2n) is 6.89. The number of carbonyl (C=O) groups is 1. The van der Waals surface area contributed by atoms with Crippen molar-refractivity contribution in [3.8, 4) is 0 Å². The van der Waals surface area contributed by atoms with Crippen LogP contribution in [0.4, 0.5) is 4.79 Å². The zero-order chi connectivity index (χ0) is 15.4. The maximum atomic E-state index is 12.1. The molecule has 2 atom stereocenters. The van der Waals surface area contributed by atoms with E-state index in [1.165, 1.54) is 18.4 Å². The smallest absolute Gasteiger partial charge is 0.315 e. The highest BCUT2D eigenvalue weighted by Gasteiger charge is 2.35. The molecular formula is C18H26N2O2. The molecule has 22 heavy (non-hydrogen) atoms.